The minimum absolute atomic E-state index is 0. The van der Waals surface area contributed by atoms with E-state index in [0.29, 0.717) is 6.42 Å². The molecule has 0 aliphatic heterocycles. The Hall–Kier alpha value is -0.615. The third kappa shape index (κ3) is 2.74. The first-order valence-electron chi connectivity index (χ1n) is 4.72. The zero-order valence-electron chi connectivity index (χ0n) is 8.68. The molecule has 4 nitrogen and oxygen atoms in total. The molecule has 1 heterocycles. The number of carbonyl (C=O) groups is 1. The van der Waals surface area contributed by atoms with Gasteiger partial charge in [-0.2, -0.15) is 0 Å². The second kappa shape index (κ2) is 5.64. The number of benzene rings is 1. The summed E-state index contributed by atoms with van der Waals surface area (Å²) in [6.07, 6.45) is 2.16. The van der Waals surface area contributed by atoms with Gasteiger partial charge >= 0.3 is 5.97 Å². The molecule has 1 radical (unpaired) electrons. The van der Waals surface area contributed by atoms with Crippen LogP contribution >= 0.6 is 0 Å². The second-order valence-electron chi connectivity index (χ2n) is 3.51. The SMILES string of the molecule is NC(Cc1c[nH]c2ccccc12)C(=O)O.[La]. The Morgan fingerprint density at radius 2 is 2.12 bits per heavy atom. The molecule has 4 N–H and O–H groups in total. The predicted molar refractivity (Wildman–Crippen MR) is 57.6 cm³/mol. The maximum Gasteiger partial charge on any atom is 0.320 e. The Morgan fingerprint density at radius 3 is 2.81 bits per heavy atom. The summed E-state index contributed by atoms with van der Waals surface area (Å²) in [5, 5.41) is 9.75. The normalized spacial score (nSPS) is 12.1. The van der Waals surface area contributed by atoms with Gasteiger partial charge in [0.05, 0.1) is 0 Å². The molecule has 0 saturated heterocycles. The van der Waals surface area contributed by atoms with Crippen LogP contribution in [0.2, 0.25) is 0 Å². The Kier molecular flexibility index (Phi) is 4.74. The summed E-state index contributed by atoms with van der Waals surface area (Å²) in [6.45, 7) is 0. The minimum atomic E-state index is -0.972. The van der Waals surface area contributed by atoms with Crippen LogP contribution in [0.5, 0.6) is 0 Å². The molecule has 0 aliphatic rings. The first-order chi connectivity index (χ1) is 7.18. The van der Waals surface area contributed by atoms with E-state index in [4.69, 9.17) is 10.8 Å². The molecule has 0 aliphatic carbocycles. The molecule has 2 rings (SSSR count). The van der Waals surface area contributed by atoms with Crippen LogP contribution in [0.4, 0.5) is 0 Å². The molecule has 0 fully saturated rings. The van der Waals surface area contributed by atoms with Crippen molar-refractivity contribution in [1.29, 1.82) is 0 Å². The molecule has 1 atom stereocenters. The molecule has 0 amide bonds. The van der Waals surface area contributed by atoms with E-state index in [1.807, 2.05) is 30.5 Å². The summed E-state index contributed by atoms with van der Waals surface area (Å²) in [6, 6.07) is 6.91. The quantitative estimate of drug-likeness (QED) is 0.782. The summed E-state index contributed by atoms with van der Waals surface area (Å²) in [4.78, 5) is 13.7. The largest absolute Gasteiger partial charge is 0.480 e. The van der Waals surface area contributed by atoms with E-state index in [1.54, 1.807) is 0 Å². The zero-order chi connectivity index (χ0) is 10.8. The first-order valence-corrected chi connectivity index (χ1v) is 4.72. The Labute approximate surface area is 121 Å². The van der Waals surface area contributed by atoms with Gasteiger partial charge in [0.25, 0.3) is 0 Å². The van der Waals surface area contributed by atoms with E-state index in [-0.39, 0.29) is 35.6 Å². The number of fused-ring (bicyclic) bond motifs is 1. The average molecular weight is 343 g/mol. The number of hydrogen-bond acceptors (Lipinski definition) is 2. The van der Waals surface area contributed by atoms with Gasteiger partial charge in [0.15, 0.2) is 0 Å². The van der Waals surface area contributed by atoms with E-state index in [1.165, 1.54) is 0 Å². The van der Waals surface area contributed by atoms with E-state index < -0.39 is 12.0 Å². The van der Waals surface area contributed by atoms with Crippen molar-refractivity contribution in [3.8, 4) is 0 Å². The van der Waals surface area contributed by atoms with Gasteiger partial charge < -0.3 is 15.8 Å². The van der Waals surface area contributed by atoms with Crippen LogP contribution in [0.25, 0.3) is 10.9 Å². The van der Waals surface area contributed by atoms with Gasteiger partial charge in [-0.15, -0.1) is 0 Å². The number of rotatable bonds is 3. The van der Waals surface area contributed by atoms with Crippen molar-refractivity contribution < 1.29 is 45.5 Å². The van der Waals surface area contributed by atoms with Gasteiger partial charge in [-0.05, 0) is 11.6 Å². The molecule has 2 aromatic rings. The zero-order valence-corrected chi connectivity index (χ0v) is 12.3. The fraction of sp³-hybridized carbons (Fsp3) is 0.182. The van der Waals surface area contributed by atoms with Crippen molar-refractivity contribution in [3.05, 3.63) is 36.0 Å². The monoisotopic (exact) mass is 343 g/mol. The van der Waals surface area contributed by atoms with E-state index >= 15 is 0 Å². The number of aromatic amines is 1. The van der Waals surface area contributed by atoms with Crippen LogP contribution in [0.1, 0.15) is 5.56 Å². The molecule has 0 saturated carbocycles. The molecular weight excluding hydrogens is 331 g/mol. The first kappa shape index (κ1) is 13.4. The Bertz CT molecular complexity index is 495. The summed E-state index contributed by atoms with van der Waals surface area (Å²) in [5.41, 5.74) is 7.43. The van der Waals surface area contributed by atoms with Crippen LogP contribution in [0.15, 0.2) is 30.5 Å². The number of aliphatic carboxylic acids is 1. The number of carboxylic acids is 1. The molecule has 0 spiro atoms. The number of nitrogens with two attached hydrogens (primary N) is 1. The van der Waals surface area contributed by atoms with Crippen molar-refractivity contribution in [2.24, 2.45) is 5.73 Å². The van der Waals surface area contributed by atoms with Crippen LogP contribution in [-0.4, -0.2) is 22.1 Å². The van der Waals surface area contributed by atoms with Gasteiger partial charge in [-0.25, -0.2) is 0 Å². The van der Waals surface area contributed by atoms with Crippen molar-refractivity contribution in [1.82, 2.24) is 4.98 Å². The smallest absolute Gasteiger partial charge is 0.320 e. The van der Waals surface area contributed by atoms with Gasteiger partial charge in [-0.3, -0.25) is 4.79 Å². The number of nitrogens with one attached hydrogen (secondary N) is 1. The molecule has 1 unspecified atom stereocenters. The fourth-order valence-electron chi connectivity index (χ4n) is 1.62. The minimum Gasteiger partial charge on any atom is -0.480 e. The van der Waals surface area contributed by atoms with Crippen LogP contribution in [-0.2, 0) is 11.2 Å². The van der Waals surface area contributed by atoms with Gasteiger partial charge in [0, 0.05) is 59.1 Å². The van der Waals surface area contributed by atoms with Crippen LogP contribution in [0.3, 0.4) is 0 Å². The Balaban J connectivity index is 0.00000128. The molecule has 0 bridgehead atoms. The van der Waals surface area contributed by atoms with Crippen LogP contribution < -0.4 is 5.73 Å². The standard InChI is InChI=1S/C11H12N2O2.La/c12-9(11(14)15)5-7-6-13-10-4-2-1-3-8(7)10;/h1-4,6,9,13H,5,12H2,(H,14,15);. The third-order valence-corrected chi connectivity index (χ3v) is 2.43. The molecule has 1 aromatic heterocycles. The molecule has 81 valence electrons. The molecular formula is C11H12LaN2O2. The van der Waals surface area contributed by atoms with E-state index in [2.05, 4.69) is 4.98 Å². The molecule has 1 aromatic carbocycles. The number of hydrogen-bond donors (Lipinski definition) is 3. The maximum atomic E-state index is 10.6. The number of para-hydroxylation sites is 1. The third-order valence-electron chi connectivity index (χ3n) is 2.43. The maximum absolute atomic E-state index is 10.6. The van der Waals surface area contributed by atoms with Crippen molar-refractivity contribution >= 4 is 16.9 Å². The topological polar surface area (TPSA) is 79.1 Å². The summed E-state index contributed by atoms with van der Waals surface area (Å²) < 4.78 is 0. The van der Waals surface area contributed by atoms with E-state index in [0.717, 1.165) is 16.5 Å². The molecule has 16 heavy (non-hydrogen) atoms. The summed E-state index contributed by atoms with van der Waals surface area (Å²) >= 11 is 0. The Morgan fingerprint density at radius 1 is 1.44 bits per heavy atom. The summed E-state index contributed by atoms with van der Waals surface area (Å²) in [7, 11) is 0. The number of carboxylic acid groups (broad SMARTS) is 1. The van der Waals surface area contributed by atoms with E-state index in [9.17, 15) is 4.79 Å². The number of H-pyrrole nitrogens is 1. The van der Waals surface area contributed by atoms with Crippen molar-refractivity contribution in [2.75, 3.05) is 0 Å². The fourth-order valence-corrected chi connectivity index (χ4v) is 1.62. The predicted octanol–water partition coefficient (Wildman–Crippen LogP) is 1.12. The van der Waals surface area contributed by atoms with Gasteiger partial charge in [0.1, 0.15) is 6.04 Å². The second-order valence-corrected chi connectivity index (χ2v) is 3.51. The van der Waals surface area contributed by atoms with Crippen LogP contribution in [0, 0.1) is 35.6 Å². The average Bonchev–Trinajstić information content (AvgIpc) is 2.62. The van der Waals surface area contributed by atoms with Crippen molar-refractivity contribution in [2.45, 2.75) is 12.5 Å². The number of aromatic nitrogens is 1. The molecule has 5 heteroatoms. The van der Waals surface area contributed by atoms with Crippen molar-refractivity contribution in [3.63, 3.8) is 0 Å². The van der Waals surface area contributed by atoms with Gasteiger partial charge in [0.2, 0.25) is 0 Å². The summed E-state index contributed by atoms with van der Waals surface area (Å²) in [5.74, 6) is -0.972. The van der Waals surface area contributed by atoms with Gasteiger partial charge in [-0.1, -0.05) is 18.2 Å².